The van der Waals surface area contributed by atoms with E-state index >= 15 is 0 Å². The van der Waals surface area contributed by atoms with Crippen LogP contribution in [0.4, 0.5) is 0 Å². The molecular formula is C11H20N2S. The first-order valence-corrected chi connectivity index (χ1v) is 6.24. The standard InChI is InChI=1S/C11H20N2S/c1-4-6-9-11(8(3)12)14-10(13-9)7-5-2/h8H,4-7,12H2,1-3H3. The van der Waals surface area contributed by atoms with Crippen molar-refractivity contribution >= 4 is 11.3 Å². The van der Waals surface area contributed by atoms with Gasteiger partial charge in [-0.05, 0) is 26.2 Å². The van der Waals surface area contributed by atoms with Crippen molar-refractivity contribution in [2.75, 3.05) is 0 Å². The van der Waals surface area contributed by atoms with Gasteiger partial charge in [-0.3, -0.25) is 0 Å². The van der Waals surface area contributed by atoms with Gasteiger partial charge < -0.3 is 5.73 Å². The fourth-order valence-electron chi connectivity index (χ4n) is 1.51. The Kier molecular flexibility index (Phi) is 4.55. The molecule has 0 aliphatic heterocycles. The minimum atomic E-state index is 0.139. The lowest BCUT2D eigenvalue weighted by atomic mass is 10.2. The van der Waals surface area contributed by atoms with Gasteiger partial charge in [0, 0.05) is 10.9 Å². The molecule has 1 aromatic rings. The second-order valence-corrected chi connectivity index (χ2v) is 4.82. The fraction of sp³-hybridized carbons (Fsp3) is 0.727. The first-order valence-electron chi connectivity index (χ1n) is 5.43. The maximum absolute atomic E-state index is 5.92. The Bertz CT molecular complexity index is 279. The number of nitrogens with two attached hydrogens (primary N) is 1. The van der Waals surface area contributed by atoms with Crippen LogP contribution in [0, 0.1) is 0 Å². The van der Waals surface area contributed by atoms with E-state index in [4.69, 9.17) is 5.73 Å². The summed E-state index contributed by atoms with van der Waals surface area (Å²) < 4.78 is 0. The third kappa shape index (κ3) is 2.79. The smallest absolute Gasteiger partial charge is 0.0931 e. The third-order valence-electron chi connectivity index (χ3n) is 2.14. The molecule has 0 radical (unpaired) electrons. The maximum atomic E-state index is 5.92. The van der Waals surface area contributed by atoms with Crippen LogP contribution in [0.3, 0.4) is 0 Å². The van der Waals surface area contributed by atoms with Gasteiger partial charge in [0.15, 0.2) is 0 Å². The molecule has 0 bridgehead atoms. The number of rotatable bonds is 5. The molecule has 2 nitrogen and oxygen atoms in total. The summed E-state index contributed by atoms with van der Waals surface area (Å²) in [5.74, 6) is 0. The zero-order chi connectivity index (χ0) is 10.6. The summed E-state index contributed by atoms with van der Waals surface area (Å²) in [7, 11) is 0. The lowest BCUT2D eigenvalue weighted by Crippen LogP contribution is -2.05. The Labute approximate surface area is 90.6 Å². The molecule has 0 amide bonds. The van der Waals surface area contributed by atoms with Crippen molar-refractivity contribution in [1.29, 1.82) is 0 Å². The number of hydrogen-bond acceptors (Lipinski definition) is 3. The van der Waals surface area contributed by atoms with Gasteiger partial charge in [0.05, 0.1) is 10.7 Å². The van der Waals surface area contributed by atoms with Gasteiger partial charge in [-0.2, -0.15) is 0 Å². The first kappa shape index (κ1) is 11.7. The van der Waals surface area contributed by atoms with Crippen LogP contribution < -0.4 is 5.73 Å². The van der Waals surface area contributed by atoms with Crippen molar-refractivity contribution in [2.45, 2.75) is 52.5 Å². The highest BCUT2D eigenvalue weighted by atomic mass is 32.1. The normalized spacial score (nSPS) is 13.1. The zero-order valence-corrected chi connectivity index (χ0v) is 10.2. The number of thiazole rings is 1. The molecule has 1 aromatic heterocycles. The number of aromatic nitrogens is 1. The lowest BCUT2D eigenvalue weighted by molar-refractivity contribution is 0.788. The van der Waals surface area contributed by atoms with Crippen LogP contribution in [0.2, 0.25) is 0 Å². The second-order valence-electron chi connectivity index (χ2n) is 3.71. The van der Waals surface area contributed by atoms with E-state index in [2.05, 4.69) is 18.8 Å². The van der Waals surface area contributed by atoms with E-state index in [1.54, 1.807) is 11.3 Å². The van der Waals surface area contributed by atoms with E-state index in [0.29, 0.717) is 0 Å². The topological polar surface area (TPSA) is 38.9 Å². The molecule has 14 heavy (non-hydrogen) atoms. The van der Waals surface area contributed by atoms with E-state index in [-0.39, 0.29) is 6.04 Å². The molecule has 3 heteroatoms. The molecule has 0 aliphatic carbocycles. The van der Waals surface area contributed by atoms with Crippen LogP contribution in [0.5, 0.6) is 0 Å². The molecule has 1 heterocycles. The lowest BCUT2D eigenvalue weighted by Gasteiger charge is -2.03. The first-order chi connectivity index (χ1) is 6.69. The Morgan fingerprint density at radius 3 is 2.43 bits per heavy atom. The average molecular weight is 212 g/mol. The molecule has 1 rings (SSSR count). The van der Waals surface area contributed by atoms with Gasteiger partial charge in [-0.1, -0.05) is 20.3 Å². The minimum Gasteiger partial charge on any atom is -0.323 e. The van der Waals surface area contributed by atoms with Crippen molar-refractivity contribution in [3.63, 3.8) is 0 Å². The summed E-state index contributed by atoms with van der Waals surface area (Å²) in [4.78, 5) is 5.94. The van der Waals surface area contributed by atoms with Crippen molar-refractivity contribution in [3.8, 4) is 0 Å². The highest BCUT2D eigenvalue weighted by Crippen LogP contribution is 2.25. The summed E-state index contributed by atoms with van der Waals surface area (Å²) in [5, 5.41) is 1.25. The van der Waals surface area contributed by atoms with Gasteiger partial charge in [0.1, 0.15) is 0 Å². The van der Waals surface area contributed by atoms with Gasteiger partial charge in [-0.25, -0.2) is 4.98 Å². The number of aryl methyl sites for hydroxylation is 2. The van der Waals surface area contributed by atoms with Crippen LogP contribution in [0.1, 0.15) is 55.2 Å². The zero-order valence-electron chi connectivity index (χ0n) is 9.34. The van der Waals surface area contributed by atoms with E-state index in [0.717, 1.165) is 25.7 Å². The van der Waals surface area contributed by atoms with Crippen LogP contribution in [-0.4, -0.2) is 4.98 Å². The molecule has 0 aromatic carbocycles. The Balaban J connectivity index is 2.87. The monoisotopic (exact) mass is 212 g/mol. The van der Waals surface area contributed by atoms with Crippen molar-refractivity contribution in [2.24, 2.45) is 5.73 Å². The highest BCUT2D eigenvalue weighted by Gasteiger charge is 2.12. The summed E-state index contributed by atoms with van der Waals surface area (Å²) in [6.45, 7) is 6.42. The fourth-order valence-corrected chi connectivity index (χ4v) is 2.67. The van der Waals surface area contributed by atoms with Crippen molar-refractivity contribution in [1.82, 2.24) is 4.98 Å². The van der Waals surface area contributed by atoms with E-state index in [1.807, 2.05) is 6.92 Å². The van der Waals surface area contributed by atoms with Gasteiger partial charge >= 0.3 is 0 Å². The van der Waals surface area contributed by atoms with Gasteiger partial charge in [0.25, 0.3) is 0 Å². The molecule has 2 N–H and O–H groups in total. The van der Waals surface area contributed by atoms with Crippen molar-refractivity contribution < 1.29 is 0 Å². The molecule has 0 fully saturated rings. The van der Waals surface area contributed by atoms with E-state index in [9.17, 15) is 0 Å². The highest BCUT2D eigenvalue weighted by molar-refractivity contribution is 7.11. The Morgan fingerprint density at radius 2 is 1.93 bits per heavy atom. The molecule has 1 unspecified atom stereocenters. The molecular weight excluding hydrogens is 192 g/mol. The van der Waals surface area contributed by atoms with Crippen LogP contribution in [0.25, 0.3) is 0 Å². The van der Waals surface area contributed by atoms with Crippen LogP contribution in [0.15, 0.2) is 0 Å². The summed E-state index contributed by atoms with van der Waals surface area (Å²) in [5.41, 5.74) is 7.16. The Morgan fingerprint density at radius 1 is 1.29 bits per heavy atom. The van der Waals surface area contributed by atoms with E-state index in [1.165, 1.54) is 15.6 Å². The predicted molar refractivity (Wildman–Crippen MR) is 62.7 cm³/mol. The predicted octanol–water partition coefficient (Wildman–Crippen LogP) is 3.07. The maximum Gasteiger partial charge on any atom is 0.0931 e. The molecule has 0 saturated heterocycles. The Hall–Kier alpha value is -0.410. The molecule has 0 saturated carbocycles. The van der Waals surface area contributed by atoms with Crippen LogP contribution >= 0.6 is 11.3 Å². The summed E-state index contributed by atoms with van der Waals surface area (Å²) in [6, 6.07) is 0.139. The largest absolute Gasteiger partial charge is 0.323 e. The van der Waals surface area contributed by atoms with Gasteiger partial charge in [-0.15, -0.1) is 11.3 Å². The third-order valence-corrected chi connectivity index (χ3v) is 3.49. The molecule has 0 aliphatic rings. The van der Waals surface area contributed by atoms with Gasteiger partial charge in [0.2, 0.25) is 0 Å². The number of nitrogens with zero attached hydrogens (tertiary/aromatic N) is 1. The molecule has 0 spiro atoms. The van der Waals surface area contributed by atoms with Crippen molar-refractivity contribution in [3.05, 3.63) is 15.6 Å². The molecule has 1 atom stereocenters. The van der Waals surface area contributed by atoms with Crippen LogP contribution in [-0.2, 0) is 12.8 Å². The average Bonchev–Trinajstić information content (AvgIpc) is 2.49. The summed E-state index contributed by atoms with van der Waals surface area (Å²) in [6.07, 6.45) is 4.47. The molecule has 80 valence electrons. The summed E-state index contributed by atoms with van der Waals surface area (Å²) >= 11 is 1.80. The number of hydrogen-bond donors (Lipinski definition) is 1. The second kappa shape index (κ2) is 5.47. The van der Waals surface area contributed by atoms with E-state index < -0.39 is 0 Å². The quantitative estimate of drug-likeness (QED) is 0.814. The SMILES string of the molecule is CCCc1nc(CCC)c(C(C)N)s1. The minimum absolute atomic E-state index is 0.139.